The van der Waals surface area contributed by atoms with Gasteiger partial charge in [-0.2, -0.15) is 10.2 Å². The number of nitrogens with two attached hydrogens (primary N) is 1. The van der Waals surface area contributed by atoms with Gasteiger partial charge in [-0.3, -0.25) is 11.3 Å². The fourth-order valence-corrected chi connectivity index (χ4v) is 2.49. The highest BCUT2D eigenvalue weighted by molar-refractivity contribution is 7.90. The average molecular weight is 272 g/mol. The van der Waals surface area contributed by atoms with Gasteiger partial charge in [0.2, 0.25) is 0 Å². The summed E-state index contributed by atoms with van der Waals surface area (Å²) in [5, 5.41) is 8.00. The van der Waals surface area contributed by atoms with Gasteiger partial charge >= 0.3 is 0 Å². The molecule has 102 valence electrons. The second-order valence-electron chi connectivity index (χ2n) is 4.52. The smallest absolute Gasteiger partial charge is 0.147 e. The molecule has 0 aromatic carbocycles. The van der Waals surface area contributed by atoms with E-state index in [1.807, 2.05) is 19.9 Å². The molecule has 1 heterocycles. The summed E-state index contributed by atoms with van der Waals surface area (Å²) in [6.07, 6.45) is 2.45. The van der Waals surface area contributed by atoms with Crippen molar-refractivity contribution in [2.45, 2.75) is 32.7 Å². The van der Waals surface area contributed by atoms with E-state index in [9.17, 15) is 8.42 Å². The molecule has 18 heavy (non-hydrogen) atoms. The van der Waals surface area contributed by atoms with Crippen LogP contribution >= 0.6 is 0 Å². The third-order valence-corrected chi connectivity index (χ3v) is 3.75. The van der Waals surface area contributed by atoms with E-state index in [1.165, 1.54) is 6.26 Å². The van der Waals surface area contributed by atoms with Crippen molar-refractivity contribution in [1.82, 2.24) is 15.6 Å². The Hall–Kier alpha value is -1.05. The van der Waals surface area contributed by atoms with E-state index in [0.29, 0.717) is 12.8 Å². The lowest BCUT2D eigenvalue weighted by Crippen LogP contribution is -2.29. The van der Waals surface area contributed by atoms with Gasteiger partial charge in [-0.15, -0.1) is 0 Å². The van der Waals surface area contributed by atoms with Gasteiger partial charge in [-0.05, 0) is 38.3 Å². The van der Waals surface area contributed by atoms with Gasteiger partial charge in [0.1, 0.15) is 9.84 Å². The van der Waals surface area contributed by atoms with Crippen molar-refractivity contribution in [2.24, 2.45) is 5.84 Å². The van der Waals surface area contributed by atoms with Crippen molar-refractivity contribution in [3.63, 3.8) is 0 Å². The van der Waals surface area contributed by atoms with Crippen LogP contribution in [0.1, 0.15) is 35.8 Å². The molecule has 1 rings (SSSR count). The molecule has 1 aromatic rings. The topological polar surface area (TPSA) is 98.0 Å². The third kappa shape index (κ3) is 4.67. The van der Waals surface area contributed by atoms with Crippen molar-refractivity contribution in [3.8, 4) is 0 Å². The molecule has 1 atom stereocenters. The zero-order valence-corrected chi connectivity index (χ0v) is 11.8. The lowest BCUT2D eigenvalue weighted by molar-refractivity contribution is 0.502. The van der Waals surface area contributed by atoms with E-state index in [0.717, 1.165) is 17.0 Å². The van der Waals surface area contributed by atoms with Crippen LogP contribution in [-0.2, 0) is 9.84 Å². The molecule has 0 aliphatic carbocycles. The largest absolute Gasteiger partial charge is 0.271 e. The molecule has 7 heteroatoms. The summed E-state index contributed by atoms with van der Waals surface area (Å²) in [7, 11) is -2.93. The Morgan fingerprint density at radius 2 is 2.06 bits per heavy atom. The second kappa shape index (κ2) is 6.21. The monoisotopic (exact) mass is 272 g/mol. The van der Waals surface area contributed by atoms with Crippen LogP contribution in [0.3, 0.4) is 0 Å². The van der Waals surface area contributed by atoms with Gasteiger partial charge in [0, 0.05) is 18.1 Å². The van der Waals surface area contributed by atoms with Crippen LogP contribution in [0.4, 0.5) is 0 Å². The summed E-state index contributed by atoms with van der Waals surface area (Å²) in [6.45, 7) is 3.72. The molecule has 0 bridgehead atoms. The SMILES string of the molecule is Cc1cc(C(CCCS(C)(=O)=O)NN)c(C)nn1. The van der Waals surface area contributed by atoms with Crippen LogP contribution in [-0.4, -0.2) is 30.6 Å². The number of nitrogens with one attached hydrogen (secondary N) is 1. The summed E-state index contributed by atoms with van der Waals surface area (Å²) in [5.41, 5.74) is 5.31. The first-order chi connectivity index (χ1) is 8.33. The molecule has 3 N–H and O–H groups in total. The van der Waals surface area contributed by atoms with Crippen LogP contribution < -0.4 is 11.3 Å². The summed E-state index contributed by atoms with van der Waals surface area (Å²) in [6, 6.07) is 1.83. The molecule has 0 amide bonds. The average Bonchev–Trinajstić information content (AvgIpc) is 2.27. The van der Waals surface area contributed by atoms with Crippen molar-refractivity contribution >= 4 is 9.84 Å². The van der Waals surface area contributed by atoms with Gasteiger partial charge in [0.05, 0.1) is 11.4 Å². The lowest BCUT2D eigenvalue weighted by atomic mass is 10.0. The van der Waals surface area contributed by atoms with Gasteiger partial charge in [0.15, 0.2) is 0 Å². The van der Waals surface area contributed by atoms with Crippen LogP contribution in [0.5, 0.6) is 0 Å². The third-order valence-electron chi connectivity index (χ3n) is 2.72. The number of nitrogens with zero attached hydrogens (tertiary/aromatic N) is 2. The summed E-state index contributed by atoms with van der Waals surface area (Å²) < 4.78 is 22.2. The molecule has 1 unspecified atom stereocenters. The van der Waals surface area contributed by atoms with E-state index in [2.05, 4.69) is 15.6 Å². The predicted octanol–water partition coefficient (Wildman–Crippen LogP) is 0.423. The van der Waals surface area contributed by atoms with Crippen LogP contribution in [0.2, 0.25) is 0 Å². The highest BCUT2D eigenvalue weighted by Gasteiger charge is 2.14. The number of hydrogen-bond acceptors (Lipinski definition) is 6. The number of rotatable bonds is 6. The number of aryl methyl sites for hydroxylation is 2. The first kappa shape index (κ1) is 15.0. The molecule has 0 radical (unpaired) electrons. The predicted molar refractivity (Wildman–Crippen MR) is 70.5 cm³/mol. The standard InChI is InChI=1S/C11H20N4O2S/c1-8-7-10(9(2)15-14-8)11(13-12)5-4-6-18(3,16)17/h7,11,13H,4-6,12H2,1-3H3. The Kier molecular flexibility index (Phi) is 5.18. The van der Waals surface area contributed by atoms with Crippen LogP contribution in [0.25, 0.3) is 0 Å². The fraction of sp³-hybridized carbons (Fsp3) is 0.636. The van der Waals surface area contributed by atoms with Crippen LogP contribution in [0.15, 0.2) is 6.07 Å². The van der Waals surface area contributed by atoms with Gasteiger partial charge in [-0.25, -0.2) is 8.42 Å². The number of sulfone groups is 1. The highest BCUT2D eigenvalue weighted by Crippen LogP contribution is 2.20. The zero-order chi connectivity index (χ0) is 13.8. The molecule has 1 aromatic heterocycles. The van der Waals surface area contributed by atoms with Crippen molar-refractivity contribution in [3.05, 3.63) is 23.0 Å². The number of hydrogen-bond donors (Lipinski definition) is 2. The zero-order valence-electron chi connectivity index (χ0n) is 11.0. The van der Waals surface area contributed by atoms with E-state index in [-0.39, 0.29) is 11.8 Å². The summed E-state index contributed by atoms with van der Waals surface area (Å²) in [4.78, 5) is 0. The summed E-state index contributed by atoms with van der Waals surface area (Å²) in [5.74, 6) is 5.69. The minimum absolute atomic E-state index is 0.0963. The maximum Gasteiger partial charge on any atom is 0.147 e. The maximum absolute atomic E-state index is 11.1. The van der Waals surface area contributed by atoms with Crippen LogP contribution in [0, 0.1) is 13.8 Å². The molecule has 0 saturated heterocycles. The van der Waals surface area contributed by atoms with Crippen molar-refractivity contribution in [2.75, 3.05) is 12.0 Å². The minimum atomic E-state index is -2.93. The molecule has 0 saturated carbocycles. The van der Waals surface area contributed by atoms with Gasteiger partial charge < -0.3 is 0 Å². The van der Waals surface area contributed by atoms with Gasteiger partial charge in [-0.1, -0.05) is 0 Å². The van der Waals surface area contributed by atoms with E-state index >= 15 is 0 Å². The van der Waals surface area contributed by atoms with Crippen molar-refractivity contribution < 1.29 is 8.42 Å². The number of hydrazine groups is 1. The molecular formula is C11H20N4O2S. The maximum atomic E-state index is 11.1. The Bertz CT molecular complexity index is 502. The highest BCUT2D eigenvalue weighted by atomic mass is 32.2. The normalized spacial score (nSPS) is 13.6. The first-order valence-electron chi connectivity index (χ1n) is 5.78. The lowest BCUT2D eigenvalue weighted by Gasteiger charge is -2.17. The van der Waals surface area contributed by atoms with E-state index < -0.39 is 9.84 Å². The van der Waals surface area contributed by atoms with Gasteiger partial charge in [0.25, 0.3) is 0 Å². The molecule has 0 aliphatic rings. The minimum Gasteiger partial charge on any atom is -0.271 e. The second-order valence-corrected chi connectivity index (χ2v) is 6.78. The Morgan fingerprint density at radius 3 is 2.61 bits per heavy atom. The molecule has 0 aliphatic heterocycles. The summed E-state index contributed by atoms with van der Waals surface area (Å²) >= 11 is 0. The fourth-order valence-electron chi connectivity index (χ4n) is 1.80. The molecule has 0 spiro atoms. The molecular weight excluding hydrogens is 252 g/mol. The van der Waals surface area contributed by atoms with Crippen molar-refractivity contribution in [1.29, 1.82) is 0 Å². The Balaban J connectivity index is 2.74. The van der Waals surface area contributed by atoms with E-state index in [4.69, 9.17) is 5.84 Å². The van der Waals surface area contributed by atoms with E-state index in [1.54, 1.807) is 0 Å². The molecule has 6 nitrogen and oxygen atoms in total. The first-order valence-corrected chi connectivity index (χ1v) is 7.84. The molecule has 0 fully saturated rings. The Labute approximate surface area is 108 Å². The number of aromatic nitrogens is 2. The quantitative estimate of drug-likeness (QED) is 0.575. The Morgan fingerprint density at radius 1 is 1.39 bits per heavy atom.